The van der Waals surface area contributed by atoms with E-state index in [2.05, 4.69) is 75.7 Å². The summed E-state index contributed by atoms with van der Waals surface area (Å²) in [5, 5.41) is 0. The minimum atomic E-state index is -4.42. The van der Waals surface area contributed by atoms with E-state index in [9.17, 15) is 13.0 Å². The van der Waals surface area contributed by atoms with Crippen LogP contribution in [0.5, 0.6) is 0 Å². The van der Waals surface area contributed by atoms with Crippen molar-refractivity contribution in [3.05, 3.63) is 36.4 Å². The van der Waals surface area contributed by atoms with Crippen LogP contribution < -0.4 is 9.58 Å². The Kier molecular flexibility index (Phi) is 8.03. The zero-order valence-corrected chi connectivity index (χ0v) is 18.0. The topological polar surface area (TPSA) is 78.5 Å². The van der Waals surface area contributed by atoms with Crippen LogP contribution in [0.1, 0.15) is 33.6 Å². The van der Waals surface area contributed by atoms with Crippen LogP contribution in [0.25, 0.3) is 11.3 Å². The molecule has 1 aliphatic heterocycles. The average Bonchev–Trinajstić information content (AvgIpc) is 2.98. The summed E-state index contributed by atoms with van der Waals surface area (Å²) in [5.74, 6) is 2.14. The first kappa shape index (κ1) is 22.4. The Morgan fingerprint density at radius 2 is 1.93 bits per heavy atom. The Labute approximate surface area is 168 Å². The van der Waals surface area contributed by atoms with E-state index in [1.807, 2.05) is 0 Å². The van der Waals surface area contributed by atoms with Crippen molar-refractivity contribution in [2.45, 2.75) is 40.2 Å². The second kappa shape index (κ2) is 10.0. The fourth-order valence-electron chi connectivity index (χ4n) is 3.64. The Hall–Kier alpha value is -1.90. The van der Waals surface area contributed by atoms with Crippen molar-refractivity contribution in [3.8, 4) is 11.3 Å². The number of piperidine rings is 1. The maximum atomic E-state index is 9.45. The van der Waals surface area contributed by atoms with Crippen molar-refractivity contribution in [3.63, 3.8) is 0 Å². The quantitative estimate of drug-likeness (QED) is 0.431. The predicted octanol–water partition coefficient (Wildman–Crippen LogP) is 2.72. The number of hydrogen-bond acceptors (Lipinski definition) is 5. The molecule has 1 aromatic heterocycles. The second-order valence-electron chi connectivity index (χ2n) is 7.00. The van der Waals surface area contributed by atoms with E-state index < -0.39 is 10.4 Å². The fourth-order valence-corrected chi connectivity index (χ4v) is 3.93. The molecule has 0 aliphatic carbocycles. The molecule has 8 heteroatoms. The Morgan fingerprint density at radius 3 is 2.43 bits per heavy atom. The molecule has 0 radical (unpaired) electrons. The zero-order chi connectivity index (χ0) is 20.7. The van der Waals surface area contributed by atoms with Gasteiger partial charge in [-0.2, -0.15) is 0 Å². The molecule has 1 aromatic carbocycles. The highest BCUT2D eigenvalue weighted by atomic mass is 32.3. The molecule has 2 heterocycles. The average molecular weight is 410 g/mol. The zero-order valence-electron chi connectivity index (χ0n) is 17.2. The summed E-state index contributed by atoms with van der Waals surface area (Å²) >= 11 is 0. The smallest absolute Gasteiger partial charge is 0.240 e. The second-order valence-corrected chi connectivity index (χ2v) is 8.05. The van der Waals surface area contributed by atoms with Gasteiger partial charge in [0.2, 0.25) is 16.1 Å². The molecule has 0 N–H and O–H groups in total. The summed E-state index contributed by atoms with van der Waals surface area (Å²) < 4.78 is 36.7. The SMILES string of the molecule is CCOS(=O)(=O)[O-].CC[n+]1c(-c2ccccc2)cc(N2CCCC(C)C2)n1C. The number of hydrogen-bond donors (Lipinski definition) is 0. The molecule has 28 heavy (non-hydrogen) atoms. The molecule has 1 fully saturated rings. The van der Waals surface area contributed by atoms with Gasteiger partial charge in [0.05, 0.1) is 19.7 Å². The van der Waals surface area contributed by atoms with E-state index in [4.69, 9.17) is 0 Å². The van der Waals surface area contributed by atoms with Gasteiger partial charge in [0.25, 0.3) is 0 Å². The Balaban J connectivity index is 0.000000345. The van der Waals surface area contributed by atoms with E-state index in [1.54, 1.807) is 0 Å². The van der Waals surface area contributed by atoms with E-state index in [1.165, 1.54) is 49.9 Å². The van der Waals surface area contributed by atoms with E-state index in [0.29, 0.717) is 0 Å². The van der Waals surface area contributed by atoms with Crippen molar-refractivity contribution < 1.29 is 21.8 Å². The lowest BCUT2D eigenvalue weighted by Crippen LogP contribution is -2.44. The van der Waals surface area contributed by atoms with Gasteiger partial charge in [-0.25, -0.2) is 8.42 Å². The first-order valence-electron chi connectivity index (χ1n) is 9.77. The largest absolute Gasteiger partial charge is 0.726 e. The van der Waals surface area contributed by atoms with E-state index in [-0.39, 0.29) is 6.61 Å². The summed E-state index contributed by atoms with van der Waals surface area (Å²) in [7, 11) is -2.24. The van der Waals surface area contributed by atoms with Crippen LogP contribution in [0.15, 0.2) is 36.4 Å². The molecule has 0 saturated carbocycles. The van der Waals surface area contributed by atoms with Crippen LogP contribution >= 0.6 is 0 Å². The van der Waals surface area contributed by atoms with Crippen LogP contribution in [0, 0.1) is 5.92 Å². The highest BCUT2D eigenvalue weighted by Crippen LogP contribution is 2.26. The number of nitrogens with zero attached hydrogens (tertiary/aromatic N) is 3. The first-order chi connectivity index (χ1) is 13.3. The van der Waals surface area contributed by atoms with Gasteiger partial charge in [-0.05, 0) is 44.7 Å². The lowest BCUT2D eigenvalue weighted by molar-refractivity contribution is -0.759. The van der Waals surface area contributed by atoms with Crippen LogP contribution in [-0.2, 0) is 28.2 Å². The number of aromatic nitrogens is 2. The number of anilines is 1. The molecular formula is C20H31N3O4S. The molecule has 1 unspecified atom stereocenters. The van der Waals surface area contributed by atoms with Crippen molar-refractivity contribution >= 4 is 16.2 Å². The maximum absolute atomic E-state index is 9.45. The van der Waals surface area contributed by atoms with E-state index >= 15 is 0 Å². The summed E-state index contributed by atoms with van der Waals surface area (Å²) in [6.45, 7) is 9.26. The van der Waals surface area contributed by atoms with Gasteiger partial charge in [-0.1, -0.05) is 25.1 Å². The van der Waals surface area contributed by atoms with Crippen LogP contribution in [0.2, 0.25) is 0 Å². The molecule has 1 atom stereocenters. The monoisotopic (exact) mass is 409 g/mol. The highest BCUT2D eigenvalue weighted by molar-refractivity contribution is 7.80. The van der Waals surface area contributed by atoms with Crippen molar-refractivity contribution in [2.75, 3.05) is 24.6 Å². The molecule has 0 bridgehead atoms. The maximum Gasteiger partial charge on any atom is 0.240 e. The van der Waals surface area contributed by atoms with Crippen LogP contribution in [-0.4, -0.2) is 37.3 Å². The molecule has 156 valence electrons. The molecule has 0 spiro atoms. The molecule has 2 aromatic rings. The molecule has 3 rings (SSSR count). The standard InChI is InChI=1S/C18H26N3.C2H6O4S/c1-4-21-17(16-10-6-5-7-11-16)13-18(19(21)3)20-12-8-9-15(2)14-20;1-2-6-7(3,4)5/h5-7,10-11,13,15H,4,8-9,12,14H2,1-3H3;2H2,1H3,(H,3,4,5)/q+1;/p-1. The molecule has 0 amide bonds. The van der Waals surface area contributed by atoms with Gasteiger partial charge in [0.1, 0.15) is 0 Å². The van der Waals surface area contributed by atoms with Crippen LogP contribution in [0.3, 0.4) is 0 Å². The van der Waals surface area contributed by atoms with Crippen molar-refractivity contribution in [1.29, 1.82) is 0 Å². The third-order valence-electron chi connectivity index (χ3n) is 4.85. The lowest BCUT2D eigenvalue weighted by atomic mass is 10.0. The van der Waals surface area contributed by atoms with E-state index in [0.717, 1.165) is 12.5 Å². The molecule has 1 aliphatic rings. The summed E-state index contributed by atoms with van der Waals surface area (Å²) in [4.78, 5) is 2.55. The van der Waals surface area contributed by atoms with Gasteiger partial charge in [0, 0.05) is 18.7 Å². The molecule has 7 nitrogen and oxygen atoms in total. The summed E-state index contributed by atoms with van der Waals surface area (Å²) in [6, 6.07) is 13.1. The van der Waals surface area contributed by atoms with Crippen molar-refractivity contribution in [2.24, 2.45) is 13.0 Å². The fraction of sp³-hybridized carbons (Fsp3) is 0.550. The minimum absolute atomic E-state index is 0.0914. The van der Waals surface area contributed by atoms with Crippen LogP contribution in [0.4, 0.5) is 5.82 Å². The third-order valence-corrected chi connectivity index (χ3v) is 5.37. The highest BCUT2D eigenvalue weighted by Gasteiger charge is 2.26. The molecular weight excluding hydrogens is 378 g/mol. The van der Waals surface area contributed by atoms with Gasteiger partial charge in [-0.3, -0.25) is 4.18 Å². The Morgan fingerprint density at radius 1 is 1.25 bits per heavy atom. The van der Waals surface area contributed by atoms with Gasteiger partial charge < -0.3 is 9.45 Å². The number of rotatable bonds is 5. The number of benzene rings is 1. The normalized spacial score (nSPS) is 17.2. The summed E-state index contributed by atoms with van der Waals surface area (Å²) in [6.07, 6.45) is 2.67. The minimum Gasteiger partial charge on any atom is -0.726 e. The Bertz CT molecular complexity index is 850. The van der Waals surface area contributed by atoms with Crippen molar-refractivity contribution in [1.82, 2.24) is 4.68 Å². The van der Waals surface area contributed by atoms with Gasteiger partial charge in [-0.15, -0.1) is 9.36 Å². The first-order valence-corrected chi connectivity index (χ1v) is 11.1. The van der Waals surface area contributed by atoms with Gasteiger partial charge >= 0.3 is 0 Å². The lowest BCUT2D eigenvalue weighted by Gasteiger charge is -2.31. The summed E-state index contributed by atoms with van der Waals surface area (Å²) in [5.41, 5.74) is 2.61. The third kappa shape index (κ3) is 6.05. The predicted molar refractivity (Wildman–Crippen MR) is 109 cm³/mol. The molecule has 1 saturated heterocycles. The van der Waals surface area contributed by atoms with Gasteiger partial charge in [0.15, 0.2) is 12.4 Å².